The molecule has 150 valence electrons. The molecule has 0 fully saturated rings. The number of rotatable bonds is 4. The summed E-state index contributed by atoms with van der Waals surface area (Å²) in [7, 11) is 1.50. The summed E-state index contributed by atoms with van der Waals surface area (Å²) >= 11 is 12.8. The fraction of sp³-hybridized carbons (Fsp3) is 0.190. The van der Waals surface area contributed by atoms with E-state index in [1.807, 2.05) is 29.1 Å². The van der Waals surface area contributed by atoms with Crippen molar-refractivity contribution in [2.75, 3.05) is 25.6 Å². The molecule has 0 atom stereocenters. The molecule has 0 aliphatic carbocycles. The first-order chi connectivity index (χ1) is 14.1. The number of halogens is 2. The maximum absolute atomic E-state index is 12.9. The van der Waals surface area contributed by atoms with Crippen molar-refractivity contribution in [2.45, 2.75) is 6.42 Å². The summed E-state index contributed by atoms with van der Waals surface area (Å²) < 4.78 is 18.5. The molecule has 1 amide bonds. The van der Waals surface area contributed by atoms with Crippen LogP contribution in [0.1, 0.15) is 16.8 Å². The van der Waals surface area contributed by atoms with E-state index in [1.165, 1.54) is 7.11 Å². The van der Waals surface area contributed by atoms with Crippen LogP contribution in [0.3, 0.4) is 0 Å². The molecule has 1 aromatic heterocycles. The first-order valence-corrected chi connectivity index (χ1v) is 9.74. The number of benzene rings is 2. The fourth-order valence-corrected chi connectivity index (χ4v) is 3.51. The molecule has 0 radical (unpaired) electrons. The molecule has 0 saturated carbocycles. The van der Waals surface area contributed by atoms with Crippen molar-refractivity contribution in [3.05, 3.63) is 64.4 Å². The number of hydrogen-bond acceptors (Lipinski definition) is 4. The molecule has 1 aliphatic rings. The third kappa shape index (κ3) is 3.99. The number of aromatic nitrogens is 1. The molecule has 2 aromatic carbocycles. The molecule has 1 aliphatic heterocycles. The number of anilines is 1. The van der Waals surface area contributed by atoms with E-state index >= 15 is 0 Å². The predicted octanol–water partition coefficient (Wildman–Crippen LogP) is 5.21. The van der Waals surface area contributed by atoms with Crippen molar-refractivity contribution in [3.8, 4) is 22.9 Å². The molecule has 3 aromatic rings. The second-order valence-electron chi connectivity index (χ2n) is 6.38. The van der Waals surface area contributed by atoms with Crippen molar-refractivity contribution in [2.24, 2.45) is 0 Å². The van der Waals surface area contributed by atoms with Crippen LogP contribution in [0.25, 0.3) is 5.69 Å². The third-order valence-electron chi connectivity index (χ3n) is 4.48. The zero-order valence-electron chi connectivity index (χ0n) is 15.6. The largest absolute Gasteiger partial charge is 0.496 e. The van der Waals surface area contributed by atoms with Gasteiger partial charge in [-0.1, -0.05) is 23.2 Å². The maximum Gasteiger partial charge on any atom is 0.259 e. The number of methoxy groups -OCH3 is 1. The van der Waals surface area contributed by atoms with Gasteiger partial charge in [0.1, 0.15) is 5.75 Å². The average molecular weight is 433 g/mol. The van der Waals surface area contributed by atoms with Gasteiger partial charge in [0.2, 0.25) is 0 Å². The van der Waals surface area contributed by atoms with E-state index in [-0.39, 0.29) is 5.56 Å². The van der Waals surface area contributed by atoms with Gasteiger partial charge in [-0.05, 0) is 18.2 Å². The minimum atomic E-state index is -0.404. The van der Waals surface area contributed by atoms with Gasteiger partial charge in [0.15, 0.2) is 11.5 Å². The minimum Gasteiger partial charge on any atom is -0.496 e. The van der Waals surface area contributed by atoms with Crippen LogP contribution in [-0.4, -0.2) is 30.8 Å². The predicted molar refractivity (Wildman–Crippen MR) is 112 cm³/mol. The van der Waals surface area contributed by atoms with Crippen LogP contribution in [0.5, 0.6) is 17.2 Å². The smallest absolute Gasteiger partial charge is 0.259 e. The van der Waals surface area contributed by atoms with Crippen molar-refractivity contribution in [3.63, 3.8) is 0 Å². The molecular formula is C21H18Cl2N2O4. The summed E-state index contributed by atoms with van der Waals surface area (Å²) in [5, 5.41) is 3.56. The highest BCUT2D eigenvalue weighted by atomic mass is 35.5. The Morgan fingerprint density at radius 3 is 2.41 bits per heavy atom. The van der Waals surface area contributed by atoms with Gasteiger partial charge in [-0.25, -0.2) is 0 Å². The van der Waals surface area contributed by atoms with Crippen molar-refractivity contribution in [1.29, 1.82) is 0 Å². The Morgan fingerprint density at radius 1 is 1.03 bits per heavy atom. The number of carbonyl (C=O) groups is 1. The number of fused-ring (bicyclic) bond motifs is 1. The lowest BCUT2D eigenvalue weighted by atomic mass is 10.1. The van der Waals surface area contributed by atoms with Gasteiger partial charge in [-0.2, -0.15) is 0 Å². The summed E-state index contributed by atoms with van der Waals surface area (Å²) in [6, 6.07) is 10.3. The van der Waals surface area contributed by atoms with Crippen LogP contribution in [0, 0.1) is 0 Å². The van der Waals surface area contributed by atoms with Gasteiger partial charge in [0.25, 0.3) is 5.91 Å². The second-order valence-corrected chi connectivity index (χ2v) is 7.19. The number of carbonyl (C=O) groups excluding carboxylic acids is 1. The summed E-state index contributed by atoms with van der Waals surface area (Å²) in [6.07, 6.45) is 4.49. The summed E-state index contributed by atoms with van der Waals surface area (Å²) in [5.41, 5.74) is 1.41. The van der Waals surface area contributed by atoms with Crippen LogP contribution in [-0.2, 0) is 0 Å². The first-order valence-electron chi connectivity index (χ1n) is 8.98. The lowest BCUT2D eigenvalue weighted by molar-refractivity contribution is 0.102. The van der Waals surface area contributed by atoms with Gasteiger partial charge in [0, 0.05) is 37.0 Å². The van der Waals surface area contributed by atoms with Crippen LogP contribution >= 0.6 is 23.2 Å². The molecule has 0 saturated heterocycles. The Kier molecular flexibility index (Phi) is 5.56. The highest BCUT2D eigenvalue weighted by molar-refractivity contribution is 6.34. The monoisotopic (exact) mass is 432 g/mol. The number of ether oxygens (including phenoxy) is 3. The van der Waals surface area contributed by atoms with Gasteiger partial charge in [-0.3, -0.25) is 4.79 Å². The Hall–Kier alpha value is -2.83. The first kappa shape index (κ1) is 19.5. The van der Waals surface area contributed by atoms with E-state index in [9.17, 15) is 4.79 Å². The molecule has 29 heavy (non-hydrogen) atoms. The van der Waals surface area contributed by atoms with E-state index in [1.54, 1.807) is 24.3 Å². The third-order valence-corrected chi connectivity index (χ3v) is 5.10. The van der Waals surface area contributed by atoms with Crippen LogP contribution in [0.4, 0.5) is 5.69 Å². The molecule has 6 nitrogen and oxygen atoms in total. The van der Waals surface area contributed by atoms with Crippen molar-refractivity contribution < 1.29 is 19.0 Å². The maximum atomic E-state index is 12.9. The van der Waals surface area contributed by atoms with Gasteiger partial charge < -0.3 is 24.1 Å². The topological polar surface area (TPSA) is 61.7 Å². The summed E-state index contributed by atoms with van der Waals surface area (Å²) in [5.74, 6) is 1.08. The molecule has 8 heteroatoms. The zero-order valence-corrected chi connectivity index (χ0v) is 17.1. The number of amides is 1. The Bertz CT molecular complexity index is 1050. The van der Waals surface area contributed by atoms with E-state index in [2.05, 4.69) is 5.32 Å². The van der Waals surface area contributed by atoms with Gasteiger partial charge in [0.05, 0.1) is 47.3 Å². The molecule has 1 N–H and O–H groups in total. The lowest BCUT2D eigenvalue weighted by Crippen LogP contribution is -2.14. The number of hydrogen-bond donors (Lipinski definition) is 1. The van der Waals surface area contributed by atoms with Gasteiger partial charge >= 0.3 is 0 Å². The van der Waals surface area contributed by atoms with E-state index in [0.717, 1.165) is 6.42 Å². The SMILES string of the molecule is COc1cc(-n2cccc2)c(Cl)cc1C(=O)Nc1cc2c(cc1Cl)OCCCO2. The van der Waals surface area contributed by atoms with E-state index in [0.29, 0.717) is 51.9 Å². The van der Waals surface area contributed by atoms with Crippen LogP contribution in [0.2, 0.25) is 10.0 Å². The zero-order chi connectivity index (χ0) is 20.4. The number of nitrogens with one attached hydrogen (secondary N) is 1. The molecule has 0 bridgehead atoms. The molecule has 0 unspecified atom stereocenters. The Morgan fingerprint density at radius 2 is 1.72 bits per heavy atom. The number of nitrogens with zero attached hydrogens (tertiary/aromatic N) is 1. The summed E-state index contributed by atoms with van der Waals surface area (Å²) in [4.78, 5) is 12.9. The quantitative estimate of drug-likeness (QED) is 0.614. The second kappa shape index (κ2) is 8.27. The highest BCUT2D eigenvalue weighted by Crippen LogP contribution is 2.38. The van der Waals surface area contributed by atoms with Crippen molar-refractivity contribution in [1.82, 2.24) is 4.57 Å². The standard InChI is InChI=1S/C21H18Cl2N2O4/c1-27-18-12-17(25-5-2-3-6-25)15(23)9-13(18)21(26)24-16-11-20-19(10-14(16)22)28-7-4-8-29-20/h2-3,5-6,9-12H,4,7-8H2,1H3,(H,24,26). The Balaban J connectivity index is 1.65. The molecule has 2 heterocycles. The van der Waals surface area contributed by atoms with Crippen LogP contribution in [0.15, 0.2) is 48.8 Å². The van der Waals surface area contributed by atoms with E-state index in [4.69, 9.17) is 37.4 Å². The molecule has 4 rings (SSSR count). The van der Waals surface area contributed by atoms with E-state index < -0.39 is 5.91 Å². The highest BCUT2D eigenvalue weighted by Gasteiger charge is 2.20. The lowest BCUT2D eigenvalue weighted by Gasteiger charge is -2.15. The molecular weight excluding hydrogens is 415 g/mol. The Labute approximate surface area is 177 Å². The molecule has 0 spiro atoms. The minimum absolute atomic E-state index is 0.289. The summed E-state index contributed by atoms with van der Waals surface area (Å²) in [6.45, 7) is 1.09. The van der Waals surface area contributed by atoms with Gasteiger partial charge in [-0.15, -0.1) is 0 Å². The van der Waals surface area contributed by atoms with Crippen molar-refractivity contribution >= 4 is 34.8 Å². The normalized spacial score (nSPS) is 12.9. The average Bonchev–Trinajstić information content (AvgIpc) is 3.15. The fourth-order valence-electron chi connectivity index (χ4n) is 3.05. The van der Waals surface area contributed by atoms with Crippen LogP contribution < -0.4 is 19.5 Å².